The molecule has 0 atom stereocenters. The van der Waals surface area contributed by atoms with Crippen molar-refractivity contribution < 1.29 is 14.6 Å². The van der Waals surface area contributed by atoms with Crippen LogP contribution in [0.5, 0.6) is 5.75 Å². The summed E-state index contributed by atoms with van der Waals surface area (Å²) < 4.78 is 6.27. The third-order valence-electron chi connectivity index (χ3n) is 2.86. The van der Waals surface area contributed by atoms with Gasteiger partial charge in [-0.05, 0) is 30.3 Å². The monoisotopic (exact) mass is 270 g/mol. The maximum Gasteiger partial charge on any atom is 0.354 e. The number of benzene rings is 1. The largest absolute Gasteiger partial charge is 0.497 e. The average molecular weight is 270 g/mol. The van der Waals surface area contributed by atoms with Crippen molar-refractivity contribution in [1.29, 1.82) is 0 Å². The second-order valence-corrected chi connectivity index (χ2v) is 4.03. The Morgan fingerprint density at radius 3 is 2.70 bits per heavy atom. The van der Waals surface area contributed by atoms with Crippen molar-refractivity contribution in [3.8, 4) is 17.0 Å². The lowest BCUT2D eigenvalue weighted by Gasteiger charge is -2.05. The Kier molecular flexibility index (Phi) is 2.79. The molecule has 7 heteroatoms. The summed E-state index contributed by atoms with van der Waals surface area (Å²) in [6.07, 6.45) is 1.27. The lowest BCUT2D eigenvalue weighted by atomic mass is 10.1. The molecule has 100 valence electrons. The molecule has 0 saturated carbocycles. The first-order valence-electron chi connectivity index (χ1n) is 5.77. The minimum Gasteiger partial charge on any atom is -0.497 e. The van der Waals surface area contributed by atoms with Gasteiger partial charge in [-0.2, -0.15) is 14.6 Å². The van der Waals surface area contributed by atoms with Crippen LogP contribution in [0.25, 0.3) is 17.0 Å². The number of methoxy groups -OCH3 is 1. The molecule has 0 saturated heterocycles. The molecule has 0 bridgehead atoms. The van der Waals surface area contributed by atoms with E-state index >= 15 is 0 Å². The average Bonchev–Trinajstić information content (AvgIpc) is 2.94. The zero-order valence-electron chi connectivity index (χ0n) is 10.5. The third kappa shape index (κ3) is 1.95. The minimum absolute atomic E-state index is 0.0123. The van der Waals surface area contributed by atoms with Crippen LogP contribution in [0, 0.1) is 0 Å². The molecule has 2 heterocycles. The minimum atomic E-state index is -1.09. The van der Waals surface area contributed by atoms with Gasteiger partial charge in [0.05, 0.1) is 12.8 Å². The molecule has 0 fully saturated rings. The number of aromatic carboxylic acids is 1. The highest BCUT2D eigenvalue weighted by molar-refractivity contribution is 5.87. The standard InChI is InChI=1S/C13H10N4O3/c1-20-9-4-2-8(3-5-9)10-6-11(12(18)19)17-13(16-10)14-7-15-17/h2-7H,1H3,(H,18,19). The van der Waals surface area contributed by atoms with Crippen molar-refractivity contribution in [2.24, 2.45) is 0 Å². The van der Waals surface area contributed by atoms with E-state index in [1.807, 2.05) is 0 Å². The highest BCUT2D eigenvalue weighted by atomic mass is 16.5. The van der Waals surface area contributed by atoms with Crippen LogP contribution in [-0.4, -0.2) is 37.8 Å². The topological polar surface area (TPSA) is 89.6 Å². The Balaban J connectivity index is 2.17. The molecule has 0 aliphatic rings. The number of fused-ring (bicyclic) bond motifs is 1. The predicted molar refractivity (Wildman–Crippen MR) is 69.7 cm³/mol. The Hall–Kier alpha value is -2.96. The van der Waals surface area contributed by atoms with Crippen LogP contribution < -0.4 is 4.74 Å². The zero-order valence-corrected chi connectivity index (χ0v) is 10.5. The van der Waals surface area contributed by atoms with Gasteiger partial charge in [-0.3, -0.25) is 0 Å². The Bertz CT molecular complexity index is 780. The zero-order chi connectivity index (χ0) is 14.1. The molecule has 1 N–H and O–H groups in total. The molecule has 1 aromatic carbocycles. The van der Waals surface area contributed by atoms with Crippen LogP contribution in [0.2, 0.25) is 0 Å². The summed E-state index contributed by atoms with van der Waals surface area (Å²) in [6.45, 7) is 0. The second kappa shape index (κ2) is 4.61. The molecule has 0 amide bonds. The first-order chi connectivity index (χ1) is 9.69. The maximum atomic E-state index is 11.3. The van der Waals surface area contributed by atoms with Gasteiger partial charge in [-0.25, -0.2) is 9.78 Å². The highest BCUT2D eigenvalue weighted by Gasteiger charge is 2.14. The summed E-state index contributed by atoms with van der Waals surface area (Å²) in [4.78, 5) is 19.5. The fourth-order valence-electron chi connectivity index (χ4n) is 1.87. The van der Waals surface area contributed by atoms with Crippen molar-refractivity contribution in [3.05, 3.63) is 42.4 Å². The summed E-state index contributed by atoms with van der Waals surface area (Å²) >= 11 is 0. The summed E-state index contributed by atoms with van der Waals surface area (Å²) in [7, 11) is 1.58. The van der Waals surface area contributed by atoms with E-state index in [1.54, 1.807) is 31.4 Å². The molecular weight excluding hydrogens is 260 g/mol. The van der Waals surface area contributed by atoms with Crippen LogP contribution in [0.15, 0.2) is 36.7 Å². The molecule has 7 nitrogen and oxygen atoms in total. The van der Waals surface area contributed by atoms with Gasteiger partial charge in [0.25, 0.3) is 5.78 Å². The first kappa shape index (κ1) is 12.1. The molecule has 0 radical (unpaired) electrons. The van der Waals surface area contributed by atoms with Gasteiger partial charge >= 0.3 is 5.97 Å². The van der Waals surface area contributed by atoms with E-state index in [0.717, 1.165) is 11.3 Å². The van der Waals surface area contributed by atoms with E-state index in [1.165, 1.54) is 16.9 Å². The van der Waals surface area contributed by atoms with E-state index in [2.05, 4.69) is 15.1 Å². The second-order valence-electron chi connectivity index (χ2n) is 4.03. The molecule has 0 aliphatic carbocycles. The van der Waals surface area contributed by atoms with Crippen LogP contribution in [0.4, 0.5) is 0 Å². The van der Waals surface area contributed by atoms with Crippen molar-refractivity contribution >= 4 is 11.7 Å². The van der Waals surface area contributed by atoms with E-state index in [-0.39, 0.29) is 11.5 Å². The number of hydrogen-bond donors (Lipinski definition) is 1. The lowest BCUT2D eigenvalue weighted by molar-refractivity contribution is 0.0687. The van der Waals surface area contributed by atoms with E-state index in [4.69, 9.17) is 4.74 Å². The lowest BCUT2D eigenvalue weighted by Crippen LogP contribution is -2.08. The summed E-state index contributed by atoms with van der Waals surface area (Å²) in [5, 5.41) is 13.1. The van der Waals surface area contributed by atoms with E-state index in [0.29, 0.717) is 5.69 Å². The quantitative estimate of drug-likeness (QED) is 0.775. The Morgan fingerprint density at radius 1 is 1.30 bits per heavy atom. The smallest absolute Gasteiger partial charge is 0.354 e. The van der Waals surface area contributed by atoms with Crippen molar-refractivity contribution in [1.82, 2.24) is 19.6 Å². The molecule has 3 rings (SSSR count). The van der Waals surface area contributed by atoms with Crippen LogP contribution in [0.3, 0.4) is 0 Å². The van der Waals surface area contributed by atoms with E-state index in [9.17, 15) is 9.90 Å². The maximum absolute atomic E-state index is 11.3. The summed E-state index contributed by atoms with van der Waals surface area (Å²) in [5.41, 5.74) is 1.31. The summed E-state index contributed by atoms with van der Waals surface area (Å²) in [5.74, 6) is -0.121. The van der Waals surface area contributed by atoms with Crippen molar-refractivity contribution in [3.63, 3.8) is 0 Å². The predicted octanol–water partition coefficient (Wildman–Crippen LogP) is 1.50. The Labute approximate surface area is 113 Å². The Morgan fingerprint density at radius 2 is 2.05 bits per heavy atom. The summed E-state index contributed by atoms with van der Waals surface area (Å²) in [6, 6.07) is 8.64. The normalized spacial score (nSPS) is 10.7. The van der Waals surface area contributed by atoms with Crippen molar-refractivity contribution in [2.75, 3.05) is 7.11 Å². The van der Waals surface area contributed by atoms with Gasteiger partial charge in [0.1, 0.15) is 12.1 Å². The fourth-order valence-corrected chi connectivity index (χ4v) is 1.87. The van der Waals surface area contributed by atoms with Gasteiger partial charge in [0.2, 0.25) is 0 Å². The number of rotatable bonds is 3. The molecule has 0 aliphatic heterocycles. The van der Waals surface area contributed by atoms with Crippen LogP contribution in [0.1, 0.15) is 10.5 Å². The van der Waals surface area contributed by atoms with Gasteiger partial charge in [0.15, 0.2) is 5.69 Å². The molecule has 0 spiro atoms. The number of carboxylic acid groups (broad SMARTS) is 1. The van der Waals surface area contributed by atoms with Gasteiger partial charge in [-0.15, -0.1) is 0 Å². The van der Waals surface area contributed by atoms with Gasteiger partial charge in [-0.1, -0.05) is 0 Å². The number of hydrogen-bond acceptors (Lipinski definition) is 5. The van der Waals surface area contributed by atoms with Crippen LogP contribution in [-0.2, 0) is 0 Å². The number of ether oxygens (including phenoxy) is 1. The number of carboxylic acids is 1. The van der Waals surface area contributed by atoms with Crippen molar-refractivity contribution in [2.45, 2.75) is 0 Å². The molecule has 0 unspecified atom stereocenters. The number of nitrogens with zero attached hydrogens (tertiary/aromatic N) is 4. The molecule has 3 aromatic rings. The third-order valence-corrected chi connectivity index (χ3v) is 2.86. The molecular formula is C13H10N4O3. The van der Waals surface area contributed by atoms with E-state index < -0.39 is 5.97 Å². The molecule has 2 aromatic heterocycles. The first-order valence-corrected chi connectivity index (χ1v) is 5.77. The van der Waals surface area contributed by atoms with Crippen LogP contribution >= 0.6 is 0 Å². The SMILES string of the molecule is COc1ccc(-c2cc(C(=O)O)n3ncnc3n2)cc1. The molecule has 20 heavy (non-hydrogen) atoms. The fraction of sp³-hybridized carbons (Fsp3) is 0.0769. The van der Waals surface area contributed by atoms with Gasteiger partial charge in [0, 0.05) is 5.56 Å². The number of aromatic nitrogens is 4. The number of carbonyl (C=O) groups is 1. The highest BCUT2D eigenvalue weighted by Crippen LogP contribution is 2.22. The van der Waals surface area contributed by atoms with Gasteiger partial charge < -0.3 is 9.84 Å².